The topological polar surface area (TPSA) is 46.8 Å². The molecular weight excluding hydrogens is 389 g/mol. The fourth-order valence-corrected chi connectivity index (χ4v) is 4.19. The highest BCUT2D eigenvalue weighted by Gasteiger charge is 2.18. The molecule has 1 aromatic carbocycles. The van der Waals surface area contributed by atoms with Gasteiger partial charge in [0, 0.05) is 65.7 Å². The van der Waals surface area contributed by atoms with Crippen LogP contribution in [0.25, 0.3) is 21.8 Å². The molecule has 0 aliphatic heterocycles. The van der Waals surface area contributed by atoms with E-state index in [1.165, 1.54) is 11.1 Å². The van der Waals surface area contributed by atoms with Crippen LogP contribution >= 0.6 is 0 Å². The third kappa shape index (κ3) is 4.81. The SMILES string of the molecule is CNC(C)(C)Cn1cc(CCN[C@H](C)Cn2ccc3cnccc32)c2cc(F)ccc21. The average Bonchev–Trinajstić information content (AvgIpc) is 3.29. The van der Waals surface area contributed by atoms with Crippen LogP contribution in [-0.2, 0) is 19.5 Å². The molecule has 0 saturated heterocycles. The summed E-state index contributed by atoms with van der Waals surface area (Å²) >= 11 is 0. The van der Waals surface area contributed by atoms with Gasteiger partial charge in [-0.05, 0) is 76.7 Å². The Morgan fingerprint density at radius 1 is 1.13 bits per heavy atom. The number of hydrogen-bond acceptors (Lipinski definition) is 3. The Bertz CT molecular complexity index is 1170. The Morgan fingerprint density at radius 2 is 1.97 bits per heavy atom. The summed E-state index contributed by atoms with van der Waals surface area (Å²) in [5, 5.41) is 9.15. The second kappa shape index (κ2) is 8.81. The lowest BCUT2D eigenvalue weighted by atomic mass is 10.1. The van der Waals surface area contributed by atoms with Gasteiger partial charge in [0.15, 0.2) is 0 Å². The van der Waals surface area contributed by atoms with Gasteiger partial charge in [0.25, 0.3) is 0 Å². The highest BCUT2D eigenvalue weighted by molar-refractivity contribution is 5.84. The number of halogens is 1. The molecule has 0 spiro atoms. The van der Waals surface area contributed by atoms with Crippen LogP contribution in [0.1, 0.15) is 26.3 Å². The molecule has 2 N–H and O–H groups in total. The van der Waals surface area contributed by atoms with Gasteiger partial charge < -0.3 is 19.8 Å². The van der Waals surface area contributed by atoms with E-state index in [0.29, 0.717) is 6.04 Å². The van der Waals surface area contributed by atoms with Gasteiger partial charge in [0.1, 0.15) is 5.82 Å². The zero-order chi connectivity index (χ0) is 22.0. The van der Waals surface area contributed by atoms with Crippen LogP contribution in [0.4, 0.5) is 4.39 Å². The molecular formula is C25H32FN5. The first-order valence-corrected chi connectivity index (χ1v) is 10.9. The molecule has 0 unspecified atom stereocenters. The molecule has 4 rings (SSSR count). The Kier molecular flexibility index (Phi) is 6.12. The van der Waals surface area contributed by atoms with Crippen LogP contribution in [0.3, 0.4) is 0 Å². The number of likely N-dealkylation sites (N-methyl/N-ethyl adjacent to an activating group) is 1. The average molecular weight is 422 g/mol. The summed E-state index contributed by atoms with van der Waals surface area (Å²) in [4.78, 5) is 4.19. The number of rotatable bonds is 9. The minimum Gasteiger partial charge on any atom is -0.346 e. The molecule has 31 heavy (non-hydrogen) atoms. The molecule has 0 amide bonds. The van der Waals surface area contributed by atoms with Gasteiger partial charge in [0.05, 0.1) is 5.52 Å². The maximum absolute atomic E-state index is 14.0. The number of aromatic nitrogens is 3. The fourth-order valence-electron chi connectivity index (χ4n) is 4.19. The first-order chi connectivity index (χ1) is 14.9. The van der Waals surface area contributed by atoms with Crippen molar-refractivity contribution in [2.75, 3.05) is 13.6 Å². The summed E-state index contributed by atoms with van der Waals surface area (Å²) in [6.07, 6.45) is 8.88. The second-order valence-electron chi connectivity index (χ2n) is 9.09. The van der Waals surface area contributed by atoms with E-state index in [0.717, 1.165) is 42.3 Å². The maximum atomic E-state index is 14.0. The van der Waals surface area contributed by atoms with Gasteiger partial charge in [-0.2, -0.15) is 0 Å². The van der Waals surface area contributed by atoms with Gasteiger partial charge >= 0.3 is 0 Å². The van der Waals surface area contributed by atoms with E-state index in [1.807, 2.05) is 25.5 Å². The van der Waals surface area contributed by atoms with E-state index >= 15 is 0 Å². The van der Waals surface area contributed by atoms with Crippen molar-refractivity contribution in [1.29, 1.82) is 0 Å². The Labute approximate surface area is 183 Å². The first-order valence-electron chi connectivity index (χ1n) is 10.9. The molecule has 0 saturated carbocycles. The van der Waals surface area contributed by atoms with Crippen LogP contribution in [0, 0.1) is 5.82 Å². The van der Waals surface area contributed by atoms with E-state index < -0.39 is 0 Å². The minimum absolute atomic E-state index is 0.0422. The highest BCUT2D eigenvalue weighted by Crippen LogP contribution is 2.25. The standard InChI is InChI=1S/C25H32FN5/c1-18(15-30-12-9-19-14-28-10-8-23(19)30)29-11-7-20-16-31(17-25(2,3)27-4)24-6-5-21(26)13-22(20)24/h5-6,8-10,12-14,16,18,27,29H,7,11,15,17H2,1-4H3/t18-/m1/s1. The Hall–Kier alpha value is -2.70. The van der Waals surface area contributed by atoms with Crippen molar-refractivity contribution < 1.29 is 4.39 Å². The summed E-state index contributed by atoms with van der Waals surface area (Å²) in [7, 11) is 1.97. The number of nitrogens with zero attached hydrogens (tertiary/aromatic N) is 3. The summed E-state index contributed by atoms with van der Waals surface area (Å²) in [5.74, 6) is -0.185. The number of benzene rings is 1. The summed E-state index contributed by atoms with van der Waals surface area (Å²) < 4.78 is 18.5. The molecule has 5 nitrogen and oxygen atoms in total. The number of pyridine rings is 1. The number of hydrogen-bond donors (Lipinski definition) is 2. The van der Waals surface area contributed by atoms with Gasteiger partial charge in [-0.3, -0.25) is 4.98 Å². The van der Waals surface area contributed by atoms with Gasteiger partial charge in [-0.15, -0.1) is 0 Å². The van der Waals surface area contributed by atoms with Crippen LogP contribution in [0.5, 0.6) is 0 Å². The van der Waals surface area contributed by atoms with Crippen molar-refractivity contribution in [2.24, 2.45) is 0 Å². The lowest BCUT2D eigenvalue weighted by Crippen LogP contribution is -2.40. The van der Waals surface area contributed by atoms with Crippen molar-refractivity contribution in [3.05, 3.63) is 66.5 Å². The molecule has 0 aliphatic carbocycles. The third-order valence-electron chi connectivity index (χ3n) is 6.10. The monoisotopic (exact) mass is 421 g/mol. The summed E-state index contributed by atoms with van der Waals surface area (Å²) in [6.45, 7) is 9.10. The van der Waals surface area contributed by atoms with Gasteiger partial charge in [-0.1, -0.05) is 0 Å². The molecule has 0 bridgehead atoms. The quantitative estimate of drug-likeness (QED) is 0.422. The number of nitrogens with one attached hydrogen (secondary N) is 2. The molecule has 164 valence electrons. The zero-order valence-corrected chi connectivity index (χ0v) is 18.8. The molecule has 0 aliphatic rings. The van der Waals surface area contributed by atoms with E-state index in [9.17, 15) is 4.39 Å². The molecule has 0 radical (unpaired) electrons. The van der Waals surface area contributed by atoms with E-state index in [2.05, 4.69) is 70.0 Å². The predicted octanol–water partition coefficient (Wildman–Crippen LogP) is 4.35. The largest absolute Gasteiger partial charge is 0.346 e. The fraction of sp³-hybridized carbons (Fsp3) is 0.400. The predicted molar refractivity (Wildman–Crippen MR) is 126 cm³/mol. The van der Waals surface area contributed by atoms with Crippen molar-refractivity contribution >= 4 is 21.8 Å². The molecule has 4 aromatic rings. The lowest BCUT2D eigenvalue weighted by molar-refractivity contribution is 0.368. The van der Waals surface area contributed by atoms with Crippen LogP contribution < -0.4 is 10.6 Å². The molecule has 3 aromatic heterocycles. The van der Waals surface area contributed by atoms with Crippen LogP contribution in [-0.4, -0.2) is 39.3 Å². The number of fused-ring (bicyclic) bond motifs is 2. The molecule has 6 heteroatoms. The van der Waals surface area contributed by atoms with E-state index in [1.54, 1.807) is 12.1 Å². The van der Waals surface area contributed by atoms with Crippen molar-refractivity contribution in [1.82, 2.24) is 24.8 Å². The van der Waals surface area contributed by atoms with Gasteiger partial charge in [0.2, 0.25) is 0 Å². The van der Waals surface area contributed by atoms with Crippen LogP contribution in [0.2, 0.25) is 0 Å². The van der Waals surface area contributed by atoms with Crippen molar-refractivity contribution in [2.45, 2.75) is 51.9 Å². The normalized spacial score (nSPS) is 13.3. The summed E-state index contributed by atoms with van der Waals surface area (Å²) in [6, 6.07) is 9.58. The third-order valence-corrected chi connectivity index (χ3v) is 6.10. The zero-order valence-electron chi connectivity index (χ0n) is 18.8. The summed E-state index contributed by atoms with van der Waals surface area (Å²) in [5.41, 5.74) is 3.42. The Balaban J connectivity index is 1.44. The second-order valence-corrected chi connectivity index (χ2v) is 9.09. The molecule has 3 heterocycles. The van der Waals surface area contributed by atoms with Crippen molar-refractivity contribution in [3.8, 4) is 0 Å². The Morgan fingerprint density at radius 3 is 2.77 bits per heavy atom. The maximum Gasteiger partial charge on any atom is 0.123 e. The highest BCUT2D eigenvalue weighted by atomic mass is 19.1. The molecule has 1 atom stereocenters. The molecule has 0 fully saturated rings. The lowest BCUT2D eigenvalue weighted by Gasteiger charge is -2.25. The minimum atomic E-state index is -0.185. The van der Waals surface area contributed by atoms with Crippen LogP contribution in [0.15, 0.2) is 55.1 Å². The smallest absolute Gasteiger partial charge is 0.123 e. The first kappa shape index (κ1) is 21.5. The van der Waals surface area contributed by atoms with E-state index in [4.69, 9.17) is 0 Å². The van der Waals surface area contributed by atoms with Crippen molar-refractivity contribution in [3.63, 3.8) is 0 Å². The van der Waals surface area contributed by atoms with E-state index in [-0.39, 0.29) is 11.4 Å². The van der Waals surface area contributed by atoms with Gasteiger partial charge in [-0.25, -0.2) is 4.39 Å².